The maximum absolute atomic E-state index is 5.62. The van der Waals surface area contributed by atoms with Gasteiger partial charge in [0.2, 0.25) is 5.13 Å². The molecule has 3 aromatic carbocycles. The van der Waals surface area contributed by atoms with Crippen molar-refractivity contribution in [2.24, 2.45) is 5.10 Å². The summed E-state index contributed by atoms with van der Waals surface area (Å²) in [5.41, 5.74) is 15.3. The number of hydrazone groups is 1. The van der Waals surface area contributed by atoms with Crippen molar-refractivity contribution < 1.29 is 0 Å². The molecule has 0 atom stereocenters. The van der Waals surface area contributed by atoms with E-state index in [1.165, 1.54) is 22.5 Å². The molecule has 0 aliphatic carbocycles. The van der Waals surface area contributed by atoms with Crippen molar-refractivity contribution in [2.45, 2.75) is 13.8 Å². The molecule has 0 spiro atoms. The first-order valence-electron chi connectivity index (χ1n) is 9.62. The zero-order valence-electron chi connectivity index (χ0n) is 16.9. The standard InChI is InChI=1S/C24H23N5S/c1-17-3-9-20(10-4-17)29(21-11-5-18(2)6-12-21)22-13-7-19(8-14-22)15-26-28-24-27-23(25)16-30-24/h3-16H,25H2,1-2H3,(H,27,28). The van der Waals surface area contributed by atoms with Crippen molar-refractivity contribution in [1.82, 2.24) is 4.98 Å². The van der Waals surface area contributed by atoms with E-state index in [0.29, 0.717) is 10.9 Å². The van der Waals surface area contributed by atoms with Gasteiger partial charge in [-0.15, -0.1) is 11.3 Å². The molecule has 0 radical (unpaired) electrons. The third kappa shape index (κ3) is 4.67. The molecule has 0 unspecified atom stereocenters. The summed E-state index contributed by atoms with van der Waals surface area (Å²) in [6, 6.07) is 25.4. The second kappa shape index (κ2) is 8.80. The smallest absolute Gasteiger partial charge is 0.205 e. The van der Waals surface area contributed by atoms with Crippen LogP contribution in [0.2, 0.25) is 0 Å². The second-order valence-electron chi connectivity index (χ2n) is 7.05. The van der Waals surface area contributed by atoms with Gasteiger partial charge in [0, 0.05) is 22.4 Å². The first-order chi connectivity index (χ1) is 14.6. The molecule has 4 rings (SSSR count). The average molecular weight is 414 g/mol. The number of nitrogens with two attached hydrogens (primary N) is 1. The Labute approximate surface area is 180 Å². The van der Waals surface area contributed by atoms with Crippen molar-refractivity contribution >= 4 is 45.6 Å². The Balaban J connectivity index is 1.59. The summed E-state index contributed by atoms with van der Waals surface area (Å²) in [6.07, 6.45) is 1.77. The molecule has 3 N–H and O–H groups in total. The lowest BCUT2D eigenvalue weighted by Crippen LogP contribution is -2.10. The Hall–Kier alpha value is -3.64. The van der Waals surface area contributed by atoms with Gasteiger partial charge in [-0.1, -0.05) is 47.5 Å². The monoisotopic (exact) mass is 413 g/mol. The molecule has 0 aliphatic rings. The van der Waals surface area contributed by atoms with Gasteiger partial charge in [-0.25, -0.2) is 4.98 Å². The highest BCUT2D eigenvalue weighted by Gasteiger charge is 2.12. The Morgan fingerprint density at radius 1 is 0.833 bits per heavy atom. The fourth-order valence-corrected chi connectivity index (χ4v) is 3.59. The first kappa shape index (κ1) is 19.7. The molecule has 1 aromatic heterocycles. The molecule has 0 bridgehead atoms. The molecular weight excluding hydrogens is 390 g/mol. The number of nitrogen functional groups attached to an aromatic ring is 1. The van der Waals surface area contributed by atoms with Gasteiger partial charge in [0.15, 0.2) is 0 Å². The molecule has 4 aromatic rings. The SMILES string of the molecule is Cc1ccc(N(c2ccc(C)cc2)c2ccc(C=NNc3nc(N)cs3)cc2)cc1. The van der Waals surface area contributed by atoms with Crippen LogP contribution in [0.25, 0.3) is 0 Å². The van der Waals surface area contributed by atoms with E-state index < -0.39 is 0 Å². The summed E-state index contributed by atoms with van der Waals surface area (Å²) in [5.74, 6) is 0.495. The molecule has 0 amide bonds. The van der Waals surface area contributed by atoms with Crippen LogP contribution in [-0.2, 0) is 0 Å². The van der Waals surface area contributed by atoms with E-state index in [2.05, 4.69) is 94.9 Å². The molecule has 0 saturated heterocycles. The van der Waals surface area contributed by atoms with E-state index in [-0.39, 0.29) is 0 Å². The molecule has 6 heteroatoms. The van der Waals surface area contributed by atoms with E-state index in [9.17, 15) is 0 Å². The van der Waals surface area contributed by atoms with Gasteiger partial charge in [-0.3, -0.25) is 5.43 Å². The highest BCUT2D eigenvalue weighted by atomic mass is 32.1. The molecule has 30 heavy (non-hydrogen) atoms. The number of anilines is 5. The first-order valence-corrected chi connectivity index (χ1v) is 10.5. The average Bonchev–Trinajstić information content (AvgIpc) is 3.17. The Morgan fingerprint density at radius 2 is 1.33 bits per heavy atom. The highest BCUT2D eigenvalue weighted by molar-refractivity contribution is 7.14. The normalized spacial score (nSPS) is 11.0. The van der Waals surface area contributed by atoms with Crippen molar-refractivity contribution in [2.75, 3.05) is 16.1 Å². The number of aryl methyl sites for hydroxylation is 2. The summed E-state index contributed by atoms with van der Waals surface area (Å²) in [4.78, 5) is 6.37. The minimum Gasteiger partial charge on any atom is -0.383 e. The largest absolute Gasteiger partial charge is 0.383 e. The van der Waals surface area contributed by atoms with Gasteiger partial charge in [0.25, 0.3) is 0 Å². The Kier molecular flexibility index (Phi) is 5.77. The number of thiazole rings is 1. The number of rotatable bonds is 6. The lowest BCUT2D eigenvalue weighted by atomic mass is 10.1. The van der Waals surface area contributed by atoms with Gasteiger partial charge < -0.3 is 10.6 Å². The van der Waals surface area contributed by atoms with Gasteiger partial charge in [-0.2, -0.15) is 5.10 Å². The zero-order valence-corrected chi connectivity index (χ0v) is 17.7. The van der Waals surface area contributed by atoms with E-state index in [0.717, 1.165) is 22.6 Å². The molecule has 0 saturated carbocycles. The van der Waals surface area contributed by atoms with E-state index in [1.54, 1.807) is 11.6 Å². The maximum atomic E-state index is 5.62. The van der Waals surface area contributed by atoms with Crippen LogP contribution in [-0.4, -0.2) is 11.2 Å². The molecule has 0 aliphatic heterocycles. The fourth-order valence-electron chi connectivity index (χ4n) is 3.04. The summed E-state index contributed by atoms with van der Waals surface area (Å²) in [7, 11) is 0. The molecule has 5 nitrogen and oxygen atoms in total. The van der Waals surface area contributed by atoms with Crippen molar-refractivity contribution in [3.05, 3.63) is 94.9 Å². The fraction of sp³-hybridized carbons (Fsp3) is 0.0833. The third-order valence-electron chi connectivity index (χ3n) is 4.63. The number of nitrogens with one attached hydrogen (secondary N) is 1. The lowest BCUT2D eigenvalue weighted by molar-refractivity contribution is 1.26. The molecule has 1 heterocycles. The van der Waals surface area contributed by atoms with E-state index in [1.807, 2.05) is 12.1 Å². The summed E-state index contributed by atoms with van der Waals surface area (Å²) < 4.78 is 0. The summed E-state index contributed by atoms with van der Waals surface area (Å²) >= 11 is 1.42. The van der Waals surface area contributed by atoms with Crippen molar-refractivity contribution in [1.29, 1.82) is 0 Å². The van der Waals surface area contributed by atoms with Crippen molar-refractivity contribution in [3.63, 3.8) is 0 Å². The summed E-state index contributed by atoms with van der Waals surface area (Å²) in [6.45, 7) is 4.20. The van der Waals surface area contributed by atoms with Gasteiger partial charge in [0.05, 0.1) is 6.21 Å². The second-order valence-corrected chi connectivity index (χ2v) is 7.90. The van der Waals surface area contributed by atoms with Crippen LogP contribution >= 0.6 is 11.3 Å². The summed E-state index contributed by atoms with van der Waals surface area (Å²) in [5, 5.41) is 6.69. The minimum atomic E-state index is 0.495. The predicted molar refractivity (Wildman–Crippen MR) is 128 cm³/mol. The number of benzene rings is 3. The topological polar surface area (TPSA) is 66.5 Å². The van der Waals surface area contributed by atoms with Crippen LogP contribution in [0.15, 0.2) is 83.3 Å². The van der Waals surface area contributed by atoms with Crippen LogP contribution in [0, 0.1) is 13.8 Å². The number of hydrogen-bond donors (Lipinski definition) is 2. The zero-order chi connectivity index (χ0) is 20.9. The van der Waals surface area contributed by atoms with Crippen LogP contribution < -0.4 is 16.1 Å². The number of hydrogen-bond acceptors (Lipinski definition) is 6. The quantitative estimate of drug-likeness (QED) is 0.289. The molecule has 150 valence electrons. The van der Waals surface area contributed by atoms with Gasteiger partial charge in [0.1, 0.15) is 5.82 Å². The molecule has 0 fully saturated rings. The van der Waals surface area contributed by atoms with Crippen LogP contribution in [0.5, 0.6) is 0 Å². The maximum Gasteiger partial charge on any atom is 0.205 e. The Morgan fingerprint density at radius 3 is 1.80 bits per heavy atom. The minimum absolute atomic E-state index is 0.495. The van der Waals surface area contributed by atoms with Crippen molar-refractivity contribution in [3.8, 4) is 0 Å². The van der Waals surface area contributed by atoms with Gasteiger partial charge in [-0.05, 0) is 55.8 Å². The third-order valence-corrected chi connectivity index (χ3v) is 5.40. The predicted octanol–water partition coefficient (Wildman–Crippen LogP) is 6.26. The van der Waals surface area contributed by atoms with E-state index in [4.69, 9.17) is 5.73 Å². The highest BCUT2D eigenvalue weighted by Crippen LogP contribution is 2.34. The number of nitrogens with zero attached hydrogens (tertiary/aromatic N) is 3. The Bertz CT molecular complexity index is 1080. The van der Waals surface area contributed by atoms with E-state index >= 15 is 0 Å². The lowest BCUT2D eigenvalue weighted by Gasteiger charge is -2.25. The van der Waals surface area contributed by atoms with Crippen LogP contribution in [0.3, 0.4) is 0 Å². The van der Waals surface area contributed by atoms with Gasteiger partial charge >= 0.3 is 0 Å². The molecular formula is C24H23N5S. The van der Waals surface area contributed by atoms with Crippen LogP contribution in [0.1, 0.15) is 16.7 Å². The van der Waals surface area contributed by atoms with Crippen LogP contribution in [0.4, 0.5) is 28.0 Å². The number of aromatic nitrogens is 1.